The summed E-state index contributed by atoms with van der Waals surface area (Å²) < 4.78 is 5.00. The first-order valence-electron chi connectivity index (χ1n) is 8.21. The Bertz CT molecular complexity index is 654. The van der Waals surface area contributed by atoms with Crippen LogP contribution in [0.1, 0.15) is 42.1 Å². The molecule has 2 aromatic rings. The molecule has 24 heavy (non-hydrogen) atoms. The topological polar surface area (TPSA) is 63.2 Å². The van der Waals surface area contributed by atoms with Crippen molar-refractivity contribution in [3.05, 3.63) is 53.7 Å². The average molecular weight is 327 g/mol. The average Bonchev–Trinajstić information content (AvgIpc) is 2.59. The number of nitrogens with zero attached hydrogens (tertiary/aromatic N) is 1. The predicted molar refractivity (Wildman–Crippen MR) is 97.7 cm³/mol. The number of ether oxygens (including phenoxy) is 1. The number of hydrogen-bond acceptors (Lipinski definition) is 4. The number of benzene rings is 1. The molecule has 0 bridgehead atoms. The molecule has 0 saturated carbocycles. The summed E-state index contributed by atoms with van der Waals surface area (Å²) in [4.78, 5) is 16.7. The van der Waals surface area contributed by atoms with Gasteiger partial charge in [0.15, 0.2) is 0 Å². The van der Waals surface area contributed by atoms with E-state index < -0.39 is 0 Å². The van der Waals surface area contributed by atoms with Crippen LogP contribution in [0.4, 0.5) is 11.5 Å². The number of anilines is 2. The number of methoxy groups -OCH3 is 1. The summed E-state index contributed by atoms with van der Waals surface area (Å²) in [6.07, 6.45) is 2.50. The van der Waals surface area contributed by atoms with Gasteiger partial charge in [0, 0.05) is 32.1 Å². The molecule has 1 aromatic carbocycles. The largest absolute Gasteiger partial charge is 0.385 e. The summed E-state index contributed by atoms with van der Waals surface area (Å²) in [6, 6.07) is 11.5. The first kappa shape index (κ1) is 17.9. The molecule has 0 atom stereocenters. The minimum atomic E-state index is -0.151. The number of aromatic nitrogens is 1. The number of nitrogens with one attached hydrogen (secondary N) is 2. The van der Waals surface area contributed by atoms with E-state index in [0.29, 0.717) is 18.1 Å². The summed E-state index contributed by atoms with van der Waals surface area (Å²) in [7, 11) is 1.68. The van der Waals surface area contributed by atoms with Crippen molar-refractivity contribution in [1.29, 1.82) is 0 Å². The lowest BCUT2D eigenvalue weighted by Crippen LogP contribution is -2.14. The van der Waals surface area contributed by atoms with Crippen LogP contribution in [0.25, 0.3) is 0 Å². The Balaban J connectivity index is 1.98. The molecule has 0 aliphatic carbocycles. The van der Waals surface area contributed by atoms with E-state index >= 15 is 0 Å². The van der Waals surface area contributed by atoms with Crippen LogP contribution in [0.5, 0.6) is 0 Å². The van der Waals surface area contributed by atoms with Gasteiger partial charge < -0.3 is 15.4 Å². The van der Waals surface area contributed by atoms with E-state index in [0.717, 1.165) is 30.0 Å². The molecular formula is C19H25N3O2. The highest BCUT2D eigenvalue weighted by atomic mass is 16.5. The van der Waals surface area contributed by atoms with Crippen LogP contribution in [0.2, 0.25) is 0 Å². The lowest BCUT2D eigenvalue weighted by molar-refractivity contribution is 0.102. The zero-order valence-electron chi connectivity index (χ0n) is 14.5. The smallest absolute Gasteiger partial charge is 0.257 e. The molecular weight excluding hydrogens is 302 g/mol. The lowest BCUT2D eigenvalue weighted by atomic mass is 10.0. The quantitative estimate of drug-likeness (QED) is 0.722. The summed E-state index contributed by atoms with van der Waals surface area (Å²) in [5, 5.41) is 6.17. The van der Waals surface area contributed by atoms with Crippen LogP contribution in [0.3, 0.4) is 0 Å². The molecule has 1 heterocycles. The molecule has 128 valence electrons. The zero-order chi connectivity index (χ0) is 17.4. The van der Waals surface area contributed by atoms with Crippen molar-refractivity contribution in [2.75, 3.05) is 30.9 Å². The van der Waals surface area contributed by atoms with Gasteiger partial charge in [0.1, 0.15) is 5.82 Å². The highest BCUT2D eigenvalue weighted by molar-refractivity contribution is 6.04. The normalized spacial score (nSPS) is 10.7. The Kier molecular flexibility index (Phi) is 6.75. The van der Waals surface area contributed by atoms with Gasteiger partial charge in [-0.2, -0.15) is 0 Å². The van der Waals surface area contributed by atoms with E-state index in [1.54, 1.807) is 19.4 Å². The molecule has 1 aromatic heterocycles. The maximum absolute atomic E-state index is 12.4. The lowest BCUT2D eigenvalue weighted by Gasteiger charge is -2.13. The fourth-order valence-corrected chi connectivity index (χ4v) is 2.37. The van der Waals surface area contributed by atoms with E-state index in [4.69, 9.17) is 4.74 Å². The molecule has 0 aliphatic heterocycles. The van der Waals surface area contributed by atoms with E-state index in [1.165, 1.54) is 0 Å². The number of hydrogen-bond donors (Lipinski definition) is 2. The van der Waals surface area contributed by atoms with Gasteiger partial charge in [0.05, 0.1) is 5.56 Å². The summed E-state index contributed by atoms with van der Waals surface area (Å²) in [5.41, 5.74) is 2.51. The maximum atomic E-state index is 12.4. The minimum Gasteiger partial charge on any atom is -0.385 e. The fourth-order valence-electron chi connectivity index (χ4n) is 2.37. The van der Waals surface area contributed by atoms with Crippen LogP contribution in [0.15, 0.2) is 42.6 Å². The highest BCUT2D eigenvalue weighted by Crippen LogP contribution is 2.24. The van der Waals surface area contributed by atoms with Crippen molar-refractivity contribution in [2.24, 2.45) is 0 Å². The molecule has 2 rings (SSSR count). The van der Waals surface area contributed by atoms with Crippen LogP contribution in [-0.2, 0) is 4.74 Å². The van der Waals surface area contributed by atoms with Crippen LogP contribution in [-0.4, -0.2) is 31.2 Å². The van der Waals surface area contributed by atoms with Crippen LogP contribution >= 0.6 is 0 Å². The van der Waals surface area contributed by atoms with Gasteiger partial charge in [-0.3, -0.25) is 4.79 Å². The van der Waals surface area contributed by atoms with Gasteiger partial charge in [-0.1, -0.05) is 32.0 Å². The van der Waals surface area contributed by atoms with Crippen LogP contribution < -0.4 is 10.6 Å². The summed E-state index contributed by atoms with van der Waals surface area (Å²) in [6.45, 7) is 5.71. The number of pyridine rings is 1. The van der Waals surface area contributed by atoms with Gasteiger partial charge in [0.2, 0.25) is 0 Å². The van der Waals surface area contributed by atoms with Crippen LogP contribution in [0, 0.1) is 0 Å². The first-order valence-corrected chi connectivity index (χ1v) is 8.21. The minimum absolute atomic E-state index is 0.151. The second kappa shape index (κ2) is 9.03. The SMILES string of the molecule is COCCCNc1ccc(C(=O)Nc2ccccc2C(C)C)cn1. The second-order valence-corrected chi connectivity index (χ2v) is 5.90. The van der Waals surface area contributed by atoms with Gasteiger partial charge in [0.25, 0.3) is 5.91 Å². The Morgan fingerprint density at radius 1 is 1.21 bits per heavy atom. The Morgan fingerprint density at radius 3 is 2.67 bits per heavy atom. The molecule has 1 amide bonds. The maximum Gasteiger partial charge on any atom is 0.257 e. The first-order chi connectivity index (χ1) is 11.6. The number of carbonyl (C=O) groups is 1. The molecule has 0 radical (unpaired) electrons. The molecule has 0 saturated heterocycles. The highest BCUT2D eigenvalue weighted by Gasteiger charge is 2.11. The molecule has 0 unspecified atom stereocenters. The zero-order valence-corrected chi connectivity index (χ0v) is 14.5. The van der Waals surface area contributed by atoms with Gasteiger partial charge >= 0.3 is 0 Å². The Labute approximate surface area is 143 Å². The molecule has 0 aliphatic rings. The number of para-hydroxylation sites is 1. The Morgan fingerprint density at radius 2 is 2.00 bits per heavy atom. The molecule has 0 spiro atoms. The molecule has 0 fully saturated rings. The second-order valence-electron chi connectivity index (χ2n) is 5.90. The standard InChI is InChI=1S/C19H25N3O2/c1-14(2)16-7-4-5-8-17(16)22-19(23)15-9-10-18(21-13-15)20-11-6-12-24-3/h4-5,7-10,13-14H,6,11-12H2,1-3H3,(H,20,21)(H,22,23). The third kappa shape index (κ3) is 5.06. The number of rotatable bonds is 8. The van der Waals surface area contributed by atoms with Crippen molar-refractivity contribution in [2.45, 2.75) is 26.2 Å². The molecule has 2 N–H and O–H groups in total. The third-order valence-corrected chi connectivity index (χ3v) is 3.69. The number of amides is 1. The van der Waals surface area contributed by atoms with Crippen molar-refractivity contribution >= 4 is 17.4 Å². The van der Waals surface area contributed by atoms with E-state index in [1.807, 2.05) is 30.3 Å². The predicted octanol–water partition coefficient (Wildman–Crippen LogP) is 3.91. The van der Waals surface area contributed by atoms with Gasteiger partial charge in [-0.25, -0.2) is 4.98 Å². The molecule has 5 heteroatoms. The Hall–Kier alpha value is -2.40. The van der Waals surface area contributed by atoms with E-state index in [9.17, 15) is 4.79 Å². The van der Waals surface area contributed by atoms with Crippen molar-refractivity contribution in [1.82, 2.24) is 4.98 Å². The van der Waals surface area contributed by atoms with Crippen molar-refractivity contribution < 1.29 is 9.53 Å². The number of carbonyl (C=O) groups excluding carboxylic acids is 1. The van der Waals surface area contributed by atoms with Gasteiger partial charge in [-0.15, -0.1) is 0 Å². The van der Waals surface area contributed by atoms with E-state index in [2.05, 4.69) is 29.5 Å². The third-order valence-electron chi connectivity index (χ3n) is 3.69. The fraction of sp³-hybridized carbons (Fsp3) is 0.368. The van der Waals surface area contributed by atoms with Crippen molar-refractivity contribution in [3.63, 3.8) is 0 Å². The summed E-state index contributed by atoms with van der Waals surface area (Å²) in [5.74, 6) is 0.949. The molecule has 5 nitrogen and oxygen atoms in total. The van der Waals surface area contributed by atoms with Gasteiger partial charge in [-0.05, 0) is 36.1 Å². The monoisotopic (exact) mass is 327 g/mol. The van der Waals surface area contributed by atoms with E-state index in [-0.39, 0.29) is 5.91 Å². The van der Waals surface area contributed by atoms with Crippen molar-refractivity contribution in [3.8, 4) is 0 Å². The summed E-state index contributed by atoms with van der Waals surface area (Å²) >= 11 is 0.